The third-order valence-corrected chi connectivity index (χ3v) is 3.96. The van der Waals surface area contributed by atoms with E-state index in [1.807, 2.05) is 12.3 Å². The van der Waals surface area contributed by atoms with Crippen molar-refractivity contribution in [2.45, 2.75) is 26.4 Å². The molecular formula is C14H17FIN3. The van der Waals surface area contributed by atoms with Crippen LogP contribution in [0.15, 0.2) is 30.6 Å². The highest BCUT2D eigenvalue weighted by Gasteiger charge is 2.20. The standard InChI is InChI=1S/C14H17FIN3/c1-3-17-13(14-18-7-8-19(14)4-2)11-6-5-10(15)9-12(11)16/h5-9,13,17H,3-4H2,1-2H3. The zero-order valence-electron chi connectivity index (χ0n) is 11.0. The lowest BCUT2D eigenvalue weighted by atomic mass is 10.1. The van der Waals surface area contributed by atoms with Crippen molar-refractivity contribution in [2.24, 2.45) is 0 Å². The van der Waals surface area contributed by atoms with Gasteiger partial charge in [0.2, 0.25) is 0 Å². The van der Waals surface area contributed by atoms with Gasteiger partial charge in [0.05, 0.1) is 6.04 Å². The van der Waals surface area contributed by atoms with E-state index < -0.39 is 0 Å². The summed E-state index contributed by atoms with van der Waals surface area (Å²) in [6.45, 7) is 5.84. The van der Waals surface area contributed by atoms with E-state index in [1.165, 1.54) is 6.07 Å². The van der Waals surface area contributed by atoms with Crippen LogP contribution in [0.3, 0.4) is 0 Å². The summed E-state index contributed by atoms with van der Waals surface area (Å²) < 4.78 is 16.3. The van der Waals surface area contributed by atoms with Crippen molar-refractivity contribution in [2.75, 3.05) is 6.54 Å². The number of aromatic nitrogens is 2. The number of nitrogens with zero attached hydrogens (tertiary/aromatic N) is 2. The first kappa shape index (κ1) is 14.5. The summed E-state index contributed by atoms with van der Waals surface area (Å²) in [5.41, 5.74) is 1.06. The normalized spacial score (nSPS) is 12.6. The van der Waals surface area contributed by atoms with Crippen LogP contribution in [-0.4, -0.2) is 16.1 Å². The Bertz CT molecular complexity index is 553. The molecule has 2 aromatic rings. The van der Waals surface area contributed by atoms with Gasteiger partial charge in [0, 0.05) is 22.5 Å². The highest BCUT2D eigenvalue weighted by Crippen LogP contribution is 2.26. The van der Waals surface area contributed by atoms with Gasteiger partial charge in [0.15, 0.2) is 0 Å². The van der Waals surface area contributed by atoms with Gasteiger partial charge < -0.3 is 9.88 Å². The van der Waals surface area contributed by atoms with Crippen LogP contribution in [0.1, 0.15) is 31.3 Å². The van der Waals surface area contributed by atoms with Crippen molar-refractivity contribution >= 4 is 22.6 Å². The van der Waals surface area contributed by atoms with Crippen LogP contribution in [-0.2, 0) is 6.54 Å². The molecule has 0 spiro atoms. The summed E-state index contributed by atoms with van der Waals surface area (Å²) in [4.78, 5) is 4.45. The van der Waals surface area contributed by atoms with Crippen LogP contribution in [0, 0.1) is 9.39 Å². The molecule has 5 heteroatoms. The molecule has 19 heavy (non-hydrogen) atoms. The van der Waals surface area contributed by atoms with E-state index in [0.29, 0.717) is 0 Å². The van der Waals surface area contributed by atoms with E-state index in [4.69, 9.17) is 0 Å². The molecule has 0 saturated heterocycles. The largest absolute Gasteiger partial charge is 0.334 e. The topological polar surface area (TPSA) is 29.9 Å². The number of benzene rings is 1. The Labute approximate surface area is 126 Å². The van der Waals surface area contributed by atoms with Crippen LogP contribution in [0.5, 0.6) is 0 Å². The number of nitrogens with one attached hydrogen (secondary N) is 1. The number of imidazole rings is 1. The lowest BCUT2D eigenvalue weighted by Crippen LogP contribution is -2.26. The molecule has 1 aromatic carbocycles. The van der Waals surface area contributed by atoms with Crippen molar-refractivity contribution in [3.63, 3.8) is 0 Å². The van der Waals surface area contributed by atoms with Gasteiger partial charge in [-0.2, -0.15) is 0 Å². The SMILES string of the molecule is CCNC(c1ccc(F)cc1I)c1nccn1CC. The number of halogens is 2. The van der Waals surface area contributed by atoms with Crippen LogP contribution in [0.2, 0.25) is 0 Å². The highest BCUT2D eigenvalue weighted by atomic mass is 127. The molecule has 1 atom stereocenters. The monoisotopic (exact) mass is 373 g/mol. The molecule has 0 saturated carbocycles. The summed E-state index contributed by atoms with van der Waals surface area (Å²) in [5.74, 6) is 0.760. The van der Waals surface area contributed by atoms with Gasteiger partial charge in [0.1, 0.15) is 11.6 Å². The number of aryl methyl sites for hydroxylation is 1. The predicted molar refractivity (Wildman–Crippen MR) is 82.5 cm³/mol. The first-order valence-electron chi connectivity index (χ1n) is 6.36. The molecule has 1 aromatic heterocycles. The van der Waals surface area contributed by atoms with Gasteiger partial charge >= 0.3 is 0 Å². The van der Waals surface area contributed by atoms with Crippen LogP contribution in [0.4, 0.5) is 4.39 Å². The minimum atomic E-state index is -0.206. The molecule has 0 fully saturated rings. The quantitative estimate of drug-likeness (QED) is 0.815. The molecule has 2 rings (SSSR count). The van der Waals surface area contributed by atoms with Crippen molar-refractivity contribution in [1.29, 1.82) is 0 Å². The summed E-state index contributed by atoms with van der Waals surface area (Å²) in [6, 6.07) is 4.88. The van der Waals surface area contributed by atoms with Gasteiger partial charge in [-0.05, 0) is 53.8 Å². The maximum Gasteiger partial charge on any atom is 0.130 e. The van der Waals surface area contributed by atoms with Crippen LogP contribution in [0.25, 0.3) is 0 Å². The highest BCUT2D eigenvalue weighted by molar-refractivity contribution is 14.1. The molecule has 0 aliphatic heterocycles. The van der Waals surface area contributed by atoms with E-state index in [1.54, 1.807) is 12.3 Å². The van der Waals surface area contributed by atoms with E-state index in [2.05, 4.69) is 51.3 Å². The Hall–Kier alpha value is -0.950. The van der Waals surface area contributed by atoms with Crippen molar-refractivity contribution in [3.05, 3.63) is 51.4 Å². The smallest absolute Gasteiger partial charge is 0.130 e. The van der Waals surface area contributed by atoms with E-state index in [-0.39, 0.29) is 11.9 Å². The lowest BCUT2D eigenvalue weighted by molar-refractivity contribution is 0.554. The van der Waals surface area contributed by atoms with E-state index in [9.17, 15) is 4.39 Å². The third kappa shape index (κ3) is 3.14. The molecule has 1 N–H and O–H groups in total. The third-order valence-electron chi connectivity index (χ3n) is 3.03. The second kappa shape index (κ2) is 6.47. The van der Waals surface area contributed by atoms with Gasteiger partial charge in [-0.25, -0.2) is 9.37 Å². The van der Waals surface area contributed by atoms with Crippen molar-refractivity contribution in [3.8, 4) is 0 Å². The van der Waals surface area contributed by atoms with Gasteiger partial charge in [-0.1, -0.05) is 13.0 Å². The van der Waals surface area contributed by atoms with Gasteiger partial charge in [0.25, 0.3) is 0 Å². The average Bonchev–Trinajstić information content (AvgIpc) is 2.85. The summed E-state index contributed by atoms with van der Waals surface area (Å²) in [7, 11) is 0. The predicted octanol–water partition coefficient (Wildman–Crippen LogP) is 3.35. The Morgan fingerprint density at radius 3 is 2.84 bits per heavy atom. The summed E-state index contributed by atoms with van der Waals surface area (Å²) >= 11 is 2.17. The molecule has 1 heterocycles. The maximum absolute atomic E-state index is 13.2. The fourth-order valence-electron chi connectivity index (χ4n) is 2.13. The molecule has 0 aliphatic rings. The van der Waals surface area contributed by atoms with Crippen LogP contribution >= 0.6 is 22.6 Å². The zero-order valence-corrected chi connectivity index (χ0v) is 13.2. The first-order valence-corrected chi connectivity index (χ1v) is 7.44. The Morgan fingerprint density at radius 2 is 2.21 bits per heavy atom. The van der Waals surface area contributed by atoms with Crippen molar-refractivity contribution in [1.82, 2.24) is 14.9 Å². The Balaban J connectivity index is 2.45. The summed E-state index contributed by atoms with van der Waals surface area (Å²) in [6.07, 6.45) is 3.77. The van der Waals surface area contributed by atoms with E-state index in [0.717, 1.165) is 28.0 Å². The minimum Gasteiger partial charge on any atom is -0.334 e. The fourth-order valence-corrected chi connectivity index (χ4v) is 2.92. The summed E-state index contributed by atoms with van der Waals surface area (Å²) in [5, 5.41) is 3.43. The molecular weight excluding hydrogens is 356 g/mol. The second-order valence-electron chi connectivity index (χ2n) is 4.23. The first-order chi connectivity index (χ1) is 9.17. The molecule has 0 amide bonds. The number of hydrogen-bond donors (Lipinski definition) is 1. The molecule has 3 nitrogen and oxygen atoms in total. The second-order valence-corrected chi connectivity index (χ2v) is 5.39. The Morgan fingerprint density at radius 1 is 1.42 bits per heavy atom. The van der Waals surface area contributed by atoms with Gasteiger partial charge in [-0.15, -0.1) is 0 Å². The van der Waals surface area contributed by atoms with Crippen molar-refractivity contribution < 1.29 is 4.39 Å². The molecule has 0 bridgehead atoms. The zero-order chi connectivity index (χ0) is 13.8. The maximum atomic E-state index is 13.2. The molecule has 102 valence electrons. The average molecular weight is 373 g/mol. The van der Waals surface area contributed by atoms with Gasteiger partial charge in [-0.3, -0.25) is 0 Å². The minimum absolute atomic E-state index is 0.00699. The number of hydrogen-bond acceptors (Lipinski definition) is 2. The van der Waals surface area contributed by atoms with Crippen LogP contribution < -0.4 is 5.32 Å². The fraction of sp³-hybridized carbons (Fsp3) is 0.357. The molecule has 0 aliphatic carbocycles. The molecule has 0 radical (unpaired) electrons. The lowest BCUT2D eigenvalue weighted by Gasteiger charge is -2.20. The van der Waals surface area contributed by atoms with E-state index >= 15 is 0 Å². The Kier molecular flexibility index (Phi) is 4.93. The molecule has 1 unspecified atom stereocenters. The number of rotatable bonds is 5.